The summed E-state index contributed by atoms with van der Waals surface area (Å²) >= 11 is 0. The first-order valence-electron chi connectivity index (χ1n) is 8.36. The molecule has 1 aromatic carbocycles. The molecule has 8 heteroatoms. The van der Waals surface area contributed by atoms with Crippen LogP contribution in [0.3, 0.4) is 0 Å². The summed E-state index contributed by atoms with van der Waals surface area (Å²) in [5, 5.41) is 2.92. The van der Waals surface area contributed by atoms with E-state index in [0.717, 1.165) is 12.8 Å². The quantitative estimate of drug-likeness (QED) is 0.825. The third-order valence-electron chi connectivity index (χ3n) is 3.96. The highest BCUT2D eigenvalue weighted by Gasteiger charge is 2.44. The topological polar surface area (TPSA) is 102 Å². The normalized spacial score (nSPS) is 17.6. The highest BCUT2D eigenvalue weighted by Crippen LogP contribution is 2.34. The van der Waals surface area contributed by atoms with E-state index in [0.29, 0.717) is 5.06 Å². The number of hydrogen-bond donors (Lipinski definition) is 1. The van der Waals surface area contributed by atoms with Crippen molar-refractivity contribution in [3.05, 3.63) is 35.4 Å². The van der Waals surface area contributed by atoms with Crippen molar-refractivity contribution in [3.63, 3.8) is 0 Å². The predicted molar refractivity (Wildman–Crippen MR) is 88.9 cm³/mol. The highest BCUT2D eigenvalue weighted by atomic mass is 16.7. The number of rotatable bonds is 4. The molecule has 138 valence electrons. The fourth-order valence-corrected chi connectivity index (χ4v) is 2.63. The Morgan fingerprint density at radius 2 is 1.65 bits per heavy atom. The molecule has 1 saturated carbocycles. The van der Waals surface area contributed by atoms with Crippen LogP contribution in [0.1, 0.15) is 54.3 Å². The number of alkyl carbamates (subject to hydrolysis) is 1. The van der Waals surface area contributed by atoms with Gasteiger partial charge in [0.2, 0.25) is 0 Å². The Kier molecular flexibility index (Phi) is 4.43. The van der Waals surface area contributed by atoms with Crippen LogP contribution in [0, 0.1) is 5.92 Å². The first kappa shape index (κ1) is 17.9. The molecule has 0 spiro atoms. The predicted octanol–water partition coefficient (Wildman–Crippen LogP) is 2.04. The minimum absolute atomic E-state index is 0.106. The molecule has 3 amide bonds. The van der Waals surface area contributed by atoms with Crippen molar-refractivity contribution in [1.29, 1.82) is 0 Å². The monoisotopic (exact) mass is 360 g/mol. The molecule has 0 saturated heterocycles. The maximum atomic E-state index is 12.5. The molecule has 26 heavy (non-hydrogen) atoms. The fourth-order valence-electron chi connectivity index (χ4n) is 2.63. The van der Waals surface area contributed by atoms with Gasteiger partial charge in [-0.2, -0.15) is 0 Å². The van der Waals surface area contributed by atoms with Gasteiger partial charge in [0.1, 0.15) is 11.6 Å². The van der Waals surface area contributed by atoms with Crippen molar-refractivity contribution in [2.24, 2.45) is 5.92 Å². The van der Waals surface area contributed by atoms with Gasteiger partial charge in [-0.25, -0.2) is 9.59 Å². The lowest BCUT2D eigenvalue weighted by Gasteiger charge is -2.23. The summed E-state index contributed by atoms with van der Waals surface area (Å²) in [4.78, 5) is 54.0. The van der Waals surface area contributed by atoms with Crippen molar-refractivity contribution in [3.8, 4) is 0 Å². The van der Waals surface area contributed by atoms with Crippen LogP contribution in [0.15, 0.2) is 24.3 Å². The smallest absolute Gasteiger partial charge is 0.408 e. The van der Waals surface area contributed by atoms with Crippen LogP contribution in [0.5, 0.6) is 0 Å². The molecule has 1 unspecified atom stereocenters. The van der Waals surface area contributed by atoms with Gasteiger partial charge < -0.3 is 14.9 Å². The number of amides is 3. The molecule has 1 aromatic rings. The molecule has 1 atom stereocenters. The minimum atomic E-state index is -0.978. The Hall–Kier alpha value is -2.90. The second kappa shape index (κ2) is 6.44. The largest absolute Gasteiger partial charge is 0.444 e. The number of benzene rings is 1. The van der Waals surface area contributed by atoms with E-state index in [4.69, 9.17) is 9.57 Å². The van der Waals surface area contributed by atoms with Crippen LogP contribution in [0.2, 0.25) is 0 Å². The lowest BCUT2D eigenvalue weighted by Crippen LogP contribution is -2.48. The zero-order valence-corrected chi connectivity index (χ0v) is 14.8. The SMILES string of the molecule is CC(C)(C)OC(=O)NC(C(=O)ON1C(=O)c2ccccc2C1=O)C1CC1. The van der Waals surface area contributed by atoms with Crippen LogP contribution in [0.25, 0.3) is 0 Å². The molecule has 2 aliphatic rings. The van der Waals surface area contributed by atoms with Gasteiger partial charge in [-0.05, 0) is 51.7 Å². The van der Waals surface area contributed by atoms with E-state index < -0.39 is 35.5 Å². The van der Waals surface area contributed by atoms with Gasteiger partial charge in [0.05, 0.1) is 11.1 Å². The first-order valence-corrected chi connectivity index (χ1v) is 8.36. The Morgan fingerprint density at radius 3 is 2.12 bits per heavy atom. The van der Waals surface area contributed by atoms with Gasteiger partial charge in [0.15, 0.2) is 0 Å². The highest BCUT2D eigenvalue weighted by molar-refractivity contribution is 6.20. The lowest BCUT2D eigenvalue weighted by atomic mass is 10.1. The maximum absolute atomic E-state index is 12.5. The molecule has 3 rings (SSSR count). The molecule has 1 N–H and O–H groups in total. The number of hydroxylamine groups is 2. The standard InChI is InChI=1S/C18H20N2O6/c1-18(2,3)25-17(24)19-13(10-8-9-10)16(23)26-20-14(21)11-6-4-5-7-12(11)15(20)22/h4-7,10,13H,8-9H2,1-3H3,(H,19,24). The zero-order valence-electron chi connectivity index (χ0n) is 14.8. The van der Waals surface area contributed by atoms with Crippen LogP contribution < -0.4 is 5.32 Å². The van der Waals surface area contributed by atoms with E-state index in [9.17, 15) is 19.2 Å². The second-order valence-corrected chi connectivity index (χ2v) is 7.32. The number of nitrogens with zero attached hydrogens (tertiary/aromatic N) is 1. The average Bonchev–Trinajstić information content (AvgIpc) is 3.36. The van der Waals surface area contributed by atoms with E-state index in [1.54, 1.807) is 32.9 Å². The Balaban J connectivity index is 1.69. The van der Waals surface area contributed by atoms with Crippen molar-refractivity contribution in [2.45, 2.75) is 45.3 Å². The van der Waals surface area contributed by atoms with E-state index in [1.807, 2.05) is 0 Å². The van der Waals surface area contributed by atoms with Crippen molar-refractivity contribution in [1.82, 2.24) is 10.4 Å². The minimum Gasteiger partial charge on any atom is -0.444 e. The lowest BCUT2D eigenvalue weighted by molar-refractivity contribution is -0.171. The Morgan fingerprint density at radius 1 is 1.12 bits per heavy atom. The average molecular weight is 360 g/mol. The van der Waals surface area contributed by atoms with Gasteiger partial charge in [0, 0.05) is 0 Å². The summed E-state index contributed by atoms with van der Waals surface area (Å²) in [6.07, 6.45) is 0.712. The van der Waals surface area contributed by atoms with Gasteiger partial charge in [-0.15, -0.1) is 0 Å². The summed E-state index contributed by atoms with van der Waals surface area (Å²) in [6, 6.07) is 5.23. The number of hydrogen-bond acceptors (Lipinski definition) is 6. The third kappa shape index (κ3) is 3.68. The molecule has 8 nitrogen and oxygen atoms in total. The molecule has 1 aliphatic carbocycles. The summed E-state index contributed by atoms with van der Waals surface area (Å²) in [6.45, 7) is 5.11. The molecule has 1 aliphatic heterocycles. The summed E-state index contributed by atoms with van der Waals surface area (Å²) < 4.78 is 5.15. The molecule has 1 heterocycles. The number of carbonyl (C=O) groups excluding carboxylic acids is 4. The maximum Gasteiger partial charge on any atom is 0.408 e. The summed E-state index contributed by atoms with van der Waals surface area (Å²) in [5.41, 5.74) is -0.369. The van der Waals surface area contributed by atoms with Crippen molar-refractivity contribution < 1.29 is 28.8 Å². The number of carbonyl (C=O) groups is 4. The summed E-state index contributed by atoms with van der Waals surface area (Å²) in [7, 11) is 0. The van der Waals surface area contributed by atoms with Crippen LogP contribution in [0.4, 0.5) is 4.79 Å². The van der Waals surface area contributed by atoms with Crippen molar-refractivity contribution >= 4 is 23.9 Å². The molecule has 1 fully saturated rings. The molecular formula is C18H20N2O6. The Bertz CT molecular complexity index is 743. The molecular weight excluding hydrogens is 340 g/mol. The number of ether oxygens (including phenoxy) is 1. The van der Waals surface area contributed by atoms with E-state index in [-0.39, 0.29) is 17.0 Å². The van der Waals surface area contributed by atoms with Gasteiger partial charge in [-0.3, -0.25) is 9.59 Å². The van der Waals surface area contributed by atoms with Crippen molar-refractivity contribution in [2.75, 3.05) is 0 Å². The molecule has 0 radical (unpaired) electrons. The van der Waals surface area contributed by atoms with E-state index in [2.05, 4.69) is 5.32 Å². The molecule has 0 aromatic heterocycles. The van der Waals surface area contributed by atoms with E-state index >= 15 is 0 Å². The number of fused-ring (bicyclic) bond motifs is 1. The van der Waals surface area contributed by atoms with E-state index in [1.165, 1.54) is 12.1 Å². The number of nitrogens with one attached hydrogen (secondary N) is 1. The Labute approximate surface area is 150 Å². The van der Waals surface area contributed by atoms with Crippen LogP contribution >= 0.6 is 0 Å². The van der Waals surface area contributed by atoms with Crippen LogP contribution in [-0.4, -0.2) is 40.6 Å². The van der Waals surface area contributed by atoms with Gasteiger partial charge >= 0.3 is 12.1 Å². The zero-order chi connectivity index (χ0) is 19.1. The van der Waals surface area contributed by atoms with Gasteiger partial charge in [-0.1, -0.05) is 17.2 Å². The molecule has 0 bridgehead atoms. The van der Waals surface area contributed by atoms with Crippen LogP contribution in [-0.2, 0) is 14.4 Å². The fraction of sp³-hybridized carbons (Fsp3) is 0.444. The first-order chi connectivity index (χ1) is 12.2. The third-order valence-corrected chi connectivity index (χ3v) is 3.96. The summed E-state index contributed by atoms with van der Waals surface area (Å²) in [5.74, 6) is -2.38. The number of imide groups is 1. The van der Waals surface area contributed by atoms with Gasteiger partial charge in [0.25, 0.3) is 11.8 Å². The second-order valence-electron chi connectivity index (χ2n) is 7.32.